The second-order valence-corrected chi connectivity index (χ2v) is 8.52. The van der Waals surface area contributed by atoms with Crippen LogP contribution in [0.1, 0.15) is 5.69 Å². The Morgan fingerprint density at radius 1 is 1.13 bits per heavy atom. The van der Waals surface area contributed by atoms with Crippen molar-refractivity contribution in [1.82, 2.24) is 14.8 Å². The van der Waals surface area contributed by atoms with Crippen molar-refractivity contribution in [2.45, 2.75) is 6.61 Å². The normalized spacial score (nSPS) is 11.8. The van der Waals surface area contributed by atoms with E-state index in [4.69, 9.17) is 15.2 Å². The van der Waals surface area contributed by atoms with Gasteiger partial charge in [-0.3, -0.25) is 9.59 Å². The number of carbonyl (C=O) groups excluding carboxylic acids is 1. The number of anilines is 2. The van der Waals surface area contributed by atoms with Crippen LogP contribution in [0.2, 0.25) is 0 Å². The zero-order valence-electron chi connectivity index (χ0n) is 19.8. The van der Waals surface area contributed by atoms with E-state index in [2.05, 4.69) is 22.0 Å². The van der Waals surface area contributed by atoms with E-state index in [0.717, 1.165) is 6.08 Å². The number of ether oxygens (including phenoxy) is 2. The van der Waals surface area contributed by atoms with Gasteiger partial charge in [-0.25, -0.2) is 9.07 Å². The molecule has 0 radical (unpaired) electrons. The molecule has 188 valence electrons. The number of nitrogens with two attached hydrogens (primary N) is 1. The minimum Gasteiger partial charge on any atom is -0.484 e. The van der Waals surface area contributed by atoms with Crippen LogP contribution in [0.5, 0.6) is 17.2 Å². The van der Waals surface area contributed by atoms with Gasteiger partial charge >= 0.3 is 0 Å². The molecule has 3 aromatic carbocycles. The fraction of sp³-hybridized carbons (Fsp3) is 0.0357. The number of aromatic amines is 1. The summed E-state index contributed by atoms with van der Waals surface area (Å²) in [4.78, 5) is 27.7. The van der Waals surface area contributed by atoms with Crippen LogP contribution in [-0.4, -0.2) is 20.7 Å². The third kappa shape index (κ3) is 3.75. The van der Waals surface area contributed by atoms with E-state index in [-0.39, 0.29) is 29.2 Å². The predicted molar refractivity (Wildman–Crippen MR) is 141 cm³/mol. The molecule has 3 heterocycles. The average Bonchev–Trinajstić information content (AvgIpc) is 3.28. The lowest BCUT2D eigenvalue weighted by atomic mass is 9.97. The number of hydrogen-bond acceptors (Lipinski definition) is 6. The third-order valence-electron chi connectivity index (χ3n) is 6.18. The van der Waals surface area contributed by atoms with Crippen molar-refractivity contribution in [1.29, 1.82) is 0 Å². The Morgan fingerprint density at radius 3 is 2.61 bits per heavy atom. The molecule has 0 unspecified atom stereocenters. The van der Waals surface area contributed by atoms with Crippen molar-refractivity contribution < 1.29 is 18.7 Å². The molecule has 0 atom stereocenters. The summed E-state index contributed by atoms with van der Waals surface area (Å²) < 4.78 is 27.7. The van der Waals surface area contributed by atoms with Crippen LogP contribution in [-0.2, 0) is 11.4 Å². The van der Waals surface area contributed by atoms with Crippen LogP contribution in [0.25, 0.3) is 27.7 Å². The lowest BCUT2D eigenvalue weighted by Gasteiger charge is -2.23. The fourth-order valence-electron chi connectivity index (χ4n) is 4.45. The summed E-state index contributed by atoms with van der Waals surface area (Å²) in [6, 6.07) is 19.2. The van der Waals surface area contributed by atoms with Crippen LogP contribution in [0.15, 0.2) is 84.2 Å². The smallest absolute Gasteiger partial charge is 0.261 e. The van der Waals surface area contributed by atoms with Gasteiger partial charge in [-0.05, 0) is 54.6 Å². The first-order chi connectivity index (χ1) is 18.4. The molecular weight excluding hydrogens is 489 g/mol. The standard InChI is InChI=1S/C28H20FN5O4/c1-2-21(35)32-24-19(29)13-12-18-22-20(14-37-26(18)24)31-28(36)23-25(22)33-34(27(23)30)15-8-10-17(11-9-15)38-16-6-4-3-5-7-16/h2-13H,1,14,30H2,(H,31,36)(H,32,35). The number of aromatic nitrogens is 3. The Morgan fingerprint density at radius 2 is 1.87 bits per heavy atom. The van der Waals surface area contributed by atoms with E-state index in [1.807, 2.05) is 30.3 Å². The first kappa shape index (κ1) is 23.0. The topological polar surface area (TPSA) is 124 Å². The van der Waals surface area contributed by atoms with Crippen molar-refractivity contribution >= 4 is 28.3 Å². The van der Waals surface area contributed by atoms with E-state index >= 15 is 0 Å². The maximum atomic E-state index is 14.7. The predicted octanol–water partition coefficient (Wildman–Crippen LogP) is 4.91. The number of nitrogen functional groups attached to an aromatic ring is 1. The lowest BCUT2D eigenvalue weighted by Crippen LogP contribution is -2.18. The molecule has 2 aromatic heterocycles. The van der Waals surface area contributed by atoms with Crippen molar-refractivity contribution in [2.24, 2.45) is 0 Å². The molecule has 0 bridgehead atoms. The highest BCUT2D eigenvalue weighted by molar-refractivity contribution is 6.05. The zero-order valence-corrected chi connectivity index (χ0v) is 19.8. The number of fused-ring (bicyclic) bond motifs is 5. The number of pyridine rings is 1. The number of rotatable bonds is 5. The first-order valence-corrected chi connectivity index (χ1v) is 11.6. The van der Waals surface area contributed by atoms with Gasteiger partial charge in [-0.15, -0.1) is 0 Å². The van der Waals surface area contributed by atoms with Crippen molar-refractivity contribution in [3.8, 4) is 34.1 Å². The molecule has 1 amide bonds. The molecule has 10 heteroatoms. The van der Waals surface area contributed by atoms with Gasteiger partial charge in [-0.1, -0.05) is 24.8 Å². The minimum absolute atomic E-state index is 0.0633. The van der Waals surface area contributed by atoms with Crippen molar-refractivity contribution in [3.05, 3.63) is 101 Å². The van der Waals surface area contributed by atoms with Crippen molar-refractivity contribution in [2.75, 3.05) is 11.1 Å². The van der Waals surface area contributed by atoms with E-state index in [9.17, 15) is 14.0 Å². The molecule has 0 fully saturated rings. The molecule has 1 aliphatic rings. The summed E-state index contributed by atoms with van der Waals surface area (Å²) in [5, 5.41) is 7.31. The summed E-state index contributed by atoms with van der Waals surface area (Å²) in [7, 11) is 0. The van der Waals surface area contributed by atoms with Gasteiger partial charge in [-0.2, -0.15) is 5.10 Å². The second-order valence-electron chi connectivity index (χ2n) is 8.52. The van der Waals surface area contributed by atoms with Crippen LogP contribution >= 0.6 is 0 Å². The fourth-order valence-corrected chi connectivity index (χ4v) is 4.45. The van der Waals surface area contributed by atoms with Gasteiger partial charge in [0.15, 0.2) is 11.6 Å². The molecule has 0 saturated heterocycles. The number of H-pyrrole nitrogens is 1. The quantitative estimate of drug-likeness (QED) is 0.289. The third-order valence-corrected chi connectivity index (χ3v) is 6.18. The number of amides is 1. The molecule has 4 N–H and O–H groups in total. The summed E-state index contributed by atoms with van der Waals surface area (Å²) in [6.07, 6.45) is 1.03. The van der Waals surface area contributed by atoms with Crippen LogP contribution in [0.3, 0.4) is 0 Å². The Balaban J connectivity index is 1.47. The number of halogens is 1. The van der Waals surface area contributed by atoms with Crippen LogP contribution < -0.4 is 26.1 Å². The summed E-state index contributed by atoms with van der Waals surface area (Å²) in [5.41, 5.74) is 8.23. The van der Waals surface area contributed by atoms with Gasteiger partial charge in [0.05, 0.1) is 11.4 Å². The summed E-state index contributed by atoms with van der Waals surface area (Å²) in [5.74, 6) is 0.307. The molecule has 6 rings (SSSR count). The maximum Gasteiger partial charge on any atom is 0.261 e. The molecule has 0 spiro atoms. The Labute approximate surface area is 214 Å². The molecule has 9 nitrogen and oxygen atoms in total. The Kier molecular flexibility index (Phi) is 5.42. The average molecular weight is 509 g/mol. The maximum absolute atomic E-state index is 14.7. The highest BCUT2D eigenvalue weighted by Gasteiger charge is 2.29. The number of nitrogens with zero attached hydrogens (tertiary/aromatic N) is 2. The largest absolute Gasteiger partial charge is 0.484 e. The summed E-state index contributed by atoms with van der Waals surface area (Å²) in [6.45, 7) is 3.34. The van der Waals surface area contributed by atoms with Gasteiger partial charge in [0.25, 0.3) is 5.56 Å². The van der Waals surface area contributed by atoms with Gasteiger partial charge in [0, 0.05) is 11.1 Å². The summed E-state index contributed by atoms with van der Waals surface area (Å²) >= 11 is 0. The Hall–Kier alpha value is -5.38. The van der Waals surface area contributed by atoms with Gasteiger partial charge < -0.3 is 25.5 Å². The number of carbonyl (C=O) groups is 1. The number of para-hydroxylation sites is 1. The lowest BCUT2D eigenvalue weighted by molar-refractivity contribution is -0.111. The SMILES string of the molecule is C=CC(=O)Nc1c(F)ccc2c1OCc1[nH]c(=O)c3c(N)n(-c4ccc(Oc5ccccc5)cc4)nc3c1-2. The number of hydrogen-bond donors (Lipinski definition) is 3. The van der Waals surface area contributed by atoms with Crippen LogP contribution in [0.4, 0.5) is 15.9 Å². The molecule has 38 heavy (non-hydrogen) atoms. The minimum atomic E-state index is -0.675. The molecule has 0 saturated carbocycles. The van der Waals surface area contributed by atoms with E-state index < -0.39 is 17.3 Å². The highest BCUT2D eigenvalue weighted by atomic mass is 19.1. The van der Waals surface area contributed by atoms with Crippen molar-refractivity contribution in [3.63, 3.8) is 0 Å². The zero-order chi connectivity index (χ0) is 26.4. The van der Waals surface area contributed by atoms with Crippen LogP contribution in [0, 0.1) is 5.82 Å². The molecule has 0 aliphatic carbocycles. The van der Waals surface area contributed by atoms with E-state index in [0.29, 0.717) is 39.5 Å². The molecule has 5 aromatic rings. The molecule has 1 aliphatic heterocycles. The first-order valence-electron chi connectivity index (χ1n) is 11.6. The van der Waals surface area contributed by atoms with E-state index in [1.165, 1.54) is 16.8 Å². The van der Waals surface area contributed by atoms with Gasteiger partial charge in [0.1, 0.15) is 40.5 Å². The second kappa shape index (κ2) is 8.93. The van der Waals surface area contributed by atoms with Gasteiger partial charge in [0.2, 0.25) is 5.91 Å². The number of nitrogens with one attached hydrogen (secondary N) is 2. The molecular formula is C28H20FN5O4. The monoisotopic (exact) mass is 509 g/mol. The number of benzene rings is 3. The van der Waals surface area contributed by atoms with E-state index in [1.54, 1.807) is 24.3 Å². The Bertz CT molecular complexity index is 1790. The highest BCUT2D eigenvalue weighted by Crippen LogP contribution is 2.45.